The van der Waals surface area contributed by atoms with Crippen LogP contribution in [0.3, 0.4) is 0 Å². The summed E-state index contributed by atoms with van der Waals surface area (Å²) in [6, 6.07) is 27.6. The van der Waals surface area contributed by atoms with E-state index in [0.717, 1.165) is 75.6 Å². The van der Waals surface area contributed by atoms with Crippen molar-refractivity contribution < 1.29 is 0 Å². The van der Waals surface area contributed by atoms with Crippen LogP contribution in [0.1, 0.15) is 6.92 Å². The first kappa shape index (κ1) is 22.8. The van der Waals surface area contributed by atoms with Gasteiger partial charge in [0.1, 0.15) is 11.3 Å². The maximum Gasteiger partial charge on any atom is 0.264 e. The molecule has 6 aromatic carbocycles. The Balaban J connectivity index is 1.48. The van der Waals surface area contributed by atoms with Crippen molar-refractivity contribution in [1.29, 1.82) is 0 Å². The first-order valence-corrected chi connectivity index (χ1v) is 14.3. The molecule has 10 aromatic rings. The van der Waals surface area contributed by atoms with Crippen molar-refractivity contribution in [1.82, 2.24) is 18.8 Å². The zero-order chi connectivity index (χ0) is 28.7. The van der Waals surface area contributed by atoms with E-state index in [2.05, 4.69) is 24.8 Å². The fourth-order valence-electron chi connectivity index (χ4n) is 7.54. The summed E-state index contributed by atoms with van der Waals surface area (Å²) in [6.45, 7) is 6.52. The first-order chi connectivity index (χ1) is 21.1. The van der Waals surface area contributed by atoms with E-state index in [1.807, 2.05) is 79.7 Å². The highest BCUT2D eigenvalue weighted by molar-refractivity contribution is 6.32. The quantitative estimate of drug-likeness (QED) is 0.175. The standard InChI is InChI=1S/C37H20N4O2/c1-3-19-20-13-17-25-33-23(35-39-27-9-5-7-11-29(27)41(35)37(25)43)15-12-22(32(20)33)21-14-16-24-30(31(19)21)18(2)34-38-26-8-4-6-10-28(26)40(34)36(24)42/h3-17H,2H2,1H3/b19-3-. The number of rotatable bonds is 0. The van der Waals surface area contributed by atoms with Gasteiger partial charge < -0.3 is 0 Å². The maximum absolute atomic E-state index is 14.0. The van der Waals surface area contributed by atoms with Crippen LogP contribution in [-0.4, -0.2) is 18.8 Å². The van der Waals surface area contributed by atoms with Crippen LogP contribution in [0, 0.1) is 0 Å². The number of imidazole rings is 2. The molecule has 0 aliphatic carbocycles. The van der Waals surface area contributed by atoms with E-state index in [1.165, 1.54) is 0 Å². The van der Waals surface area contributed by atoms with Crippen LogP contribution in [0.2, 0.25) is 0 Å². The minimum atomic E-state index is -0.107. The molecular formula is C37H20N4O2. The molecule has 0 aliphatic heterocycles. The minimum absolute atomic E-state index is 0.0731. The molecule has 0 amide bonds. The third kappa shape index (κ3) is 2.52. The van der Waals surface area contributed by atoms with E-state index in [9.17, 15) is 9.59 Å². The number of nitrogens with zero attached hydrogens (tertiary/aromatic N) is 4. The molecule has 0 fully saturated rings. The largest absolute Gasteiger partial charge is 0.268 e. The molecule has 43 heavy (non-hydrogen) atoms. The number of pyridine rings is 2. The van der Waals surface area contributed by atoms with Gasteiger partial charge in [0.05, 0.1) is 22.1 Å². The zero-order valence-corrected chi connectivity index (χ0v) is 23.0. The summed E-state index contributed by atoms with van der Waals surface area (Å²) in [6.07, 6.45) is 2.10. The van der Waals surface area contributed by atoms with Gasteiger partial charge >= 0.3 is 0 Å². The summed E-state index contributed by atoms with van der Waals surface area (Å²) in [7, 11) is 0. The van der Waals surface area contributed by atoms with E-state index in [1.54, 1.807) is 8.80 Å². The van der Waals surface area contributed by atoms with Gasteiger partial charge in [-0.15, -0.1) is 0 Å². The normalized spacial score (nSPS) is 13.2. The average molecular weight is 553 g/mol. The lowest BCUT2D eigenvalue weighted by Gasteiger charge is -2.16. The topological polar surface area (TPSA) is 68.7 Å². The molecule has 0 N–H and O–H groups in total. The van der Waals surface area contributed by atoms with Crippen molar-refractivity contribution in [2.45, 2.75) is 6.92 Å². The van der Waals surface area contributed by atoms with Gasteiger partial charge in [0, 0.05) is 32.1 Å². The van der Waals surface area contributed by atoms with Gasteiger partial charge in [-0.1, -0.05) is 55.1 Å². The smallest absolute Gasteiger partial charge is 0.264 e. The van der Waals surface area contributed by atoms with Crippen LogP contribution in [0.5, 0.6) is 0 Å². The highest BCUT2D eigenvalue weighted by Gasteiger charge is 2.22. The van der Waals surface area contributed by atoms with Crippen LogP contribution in [0.4, 0.5) is 0 Å². The predicted molar refractivity (Wildman–Crippen MR) is 176 cm³/mol. The molecular weight excluding hydrogens is 532 g/mol. The highest BCUT2D eigenvalue weighted by atomic mass is 16.1. The summed E-state index contributed by atoms with van der Waals surface area (Å²) >= 11 is 0. The molecule has 0 atom stereocenters. The molecule has 10 rings (SSSR count). The highest BCUT2D eigenvalue weighted by Crippen LogP contribution is 2.38. The number of aromatic nitrogens is 4. The molecule has 0 saturated heterocycles. The van der Waals surface area contributed by atoms with E-state index >= 15 is 0 Å². The van der Waals surface area contributed by atoms with E-state index in [4.69, 9.17) is 9.97 Å². The van der Waals surface area contributed by atoms with Crippen molar-refractivity contribution in [3.05, 3.63) is 116 Å². The van der Waals surface area contributed by atoms with E-state index in [-0.39, 0.29) is 11.1 Å². The average Bonchev–Trinajstić information content (AvgIpc) is 3.63. The molecule has 6 nitrogen and oxygen atoms in total. The molecule has 6 heteroatoms. The molecule has 0 radical (unpaired) electrons. The van der Waals surface area contributed by atoms with Gasteiger partial charge in [0.25, 0.3) is 11.1 Å². The molecule has 4 heterocycles. The van der Waals surface area contributed by atoms with Gasteiger partial charge in [-0.25, -0.2) is 9.97 Å². The van der Waals surface area contributed by atoms with Gasteiger partial charge in [0.2, 0.25) is 0 Å². The summed E-state index contributed by atoms with van der Waals surface area (Å²) in [5.41, 5.74) is 4.20. The minimum Gasteiger partial charge on any atom is -0.268 e. The Hall–Kier alpha value is -5.88. The van der Waals surface area contributed by atoms with E-state index < -0.39 is 0 Å². The number of hydrogen-bond donors (Lipinski definition) is 0. The van der Waals surface area contributed by atoms with Crippen molar-refractivity contribution in [3.63, 3.8) is 0 Å². The van der Waals surface area contributed by atoms with Gasteiger partial charge in [-0.05, 0) is 81.5 Å². The third-order valence-electron chi connectivity index (χ3n) is 9.31. The number of para-hydroxylation sites is 4. The molecule has 200 valence electrons. The molecule has 0 unspecified atom stereocenters. The van der Waals surface area contributed by atoms with Crippen molar-refractivity contribution >= 4 is 99.9 Å². The lowest BCUT2D eigenvalue weighted by molar-refractivity contribution is 1.17. The Morgan fingerprint density at radius 1 is 0.558 bits per heavy atom. The molecule has 0 saturated carbocycles. The second kappa shape index (κ2) is 7.49. The molecule has 0 spiro atoms. The zero-order valence-electron chi connectivity index (χ0n) is 23.0. The Kier molecular flexibility index (Phi) is 3.97. The van der Waals surface area contributed by atoms with Gasteiger partial charge in [-0.3, -0.25) is 18.4 Å². The summed E-state index contributed by atoms with van der Waals surface area (Å²) in [4.78, 5) is 37.8. The summed E-state index contributed by atoms with van der Waals surface area (Å²) in [5.74, 6) is 0. The van der Waals surface area contributed by atoms with E-state index in [0.29, 0.717) is 22.1 Å². The molecule has 0 aliphatic rings. The summed E-state index contributed by atoms with van der Waals surface area (Å²) in [5, 5.41) is 10.7. The summed E-state index contributed by atoms with van der Waals surface area (Å²) < 4.78 is 3.42. The van der Waals surface area contributed by atoms with Crippen LogP contribution in [-0.2, 0) is 0 Å². The van der Waals surface area contributed by atoms with Crippen LogP contribution in [0.15, 0.2) is 94.5 Å². The fourth-order valence-corrected chi connectivity index (χ4v) is 7.54. The third-order valence-corrected chi connectivity index (χ3v) is 9.31. The Bertz CT molecular complexity index is 3140. The maximum atomic E-state index is 14.0. The second-order valence-corrected chi connectivity index (χ2v) is 11.3. The first-order valence-electron chi connectivity index (χ1n) is 14.3. The monoisotopic (exact) mass is 552 g/mol. The van der Waals surface area contributed by atoms with Crippen molar-refractivity contribution in [3.8, 4) is 0 Å². The fraction of sp³-hybridized carbons (Fsp3) is 0.0270. The number of fused-ring (bicyclic) bond motifs is 11. The predicted octanol–water partition coefficient (Wildman–Crippen LogP) is 5.86. The van der Waals surface area contributed by atoms with Crippen LogP contribution >= 0.6 is 0 Å². The van der Waals surface area contributed by atoms with Gasteiger partial charge in [0.15, 0.2) is 0 Å². The Morgan fingerprint density at radius 2 is 1.05 bits per heavy atom. The van der Waals surface area contributed by atoms with Crippen LogP contribution < -0.4 is 21.6 Å². The molecule has 4 aromatic heterocycles. The second-order valence-electron chi connectivity index (χ2n) is 11.3. The van der Waals surface area contributed by atoms with Crippen molar-refractivity contribution in [2.24, 2.45) is 0 Å². The lowest BCUT2D eigenvalue weighted by atomic mass is 9.88. The van der Waals surface area contributed by atoms with Gasteiger partial charge in [-0.2, -0.15) is 0 Å². The number of hydrogen-bond acceptors (Lipinski definition) is 4. The lowest BCUT2D eigenvalue weighted by Crippen LogP contribution is -2.22. The Morgan fingerprint density at radius 3 is 1.72 bits per heavy atom. The number of benzene rings is 6. The SMILES string of the molecule is C=c1c2c(ccc3c4ccc5c6c(ccc(/c(=C/C)c32)c46)c(=O)n2c3ccccc3nc52)c(=O)n2c1nc1ccccc12. The van der Waals surface area contributed by atoms with Crippen molar-refractivity contribution in [2.75, 3.05) is 0 Å². The van der Waals surface area contributed by atoms with Crippen LogP contribution in [0.25, 0.3) is 99.9 Å². The molecule has 0 bridgehead atoms. The Labute approximate surface area is 241 Å².